The molecule has 31 heavy (non-hydrogen) atoms. The molecule has 3 nitrogen and oxygen atoms in total. The molecule has 4 heteroatoms. The maximum atomic E-state index is 13.5. The Kier molecular flexibility index (Phi) is 5.46. The zero-order valence-corrected chi connectivity index (χ0v) is 17.8. The molecular formula is C27H22N2OS. The van der Waals surface area contributed by atoms with Gasteiger partial charge in [0.15, 0.2) is 0 Å². The molecular weight excluding hydrogens is 400 g/mol. The van der Waals surface area contributed by atoms with Crippen molar-refractivity contribution in [3.8, 4) is 0 Å². The number of urea groups is 1. The Morgan fingerprint density at radius 1 is 0.677 bits per heavy atom. The minimum Gasteiger partial charge on any atom is -0.336 e. The van der Waals surface area contributed by atoms with E-state index in [1.807, 2.05) is 72.8 Å². The van der Waals surface area contributed by atoms with Gasteiger partial charge >= 0.3 is 6.03 Å². The van der Waals surface area contributed by atoms with Gasteiger partial charge in [-0.1, -0.05) is 96.7 Å². The number of carbonyl (C=O) groups is 1. The summed E-state index contributed by atoms with van der Waals surface area (Å²) < 4.78 is 0. The summed E-state index contributed by atoms with van der Waals surface area (Å²) in [5, 5.41) is 3.21. The number of fused-ring (bicyclic) bond motifs is 2. The Labute approximate surface area is 186 Å². The van der Waals surface area contributed by atoms with Gasteiger partial charge in [-0.05, 0) is 35.4 Å². The van der Waals surface area contributed by atoms with Crippen LogP contribution in [0.2, 0.25) is 0 Å². The van der Waals surface area contributed by atoms with Crippen LogP contribution in [-0.2, 0) is 0 Å². The molecule has 152 valence electrons. The number of nitrogens with zero attached hydrogens (tertiary/aromatic N) is 1. The molecule has 4 aromatic carbocycles. The van der Waals surface area contributed by atoms with E-state index in [0.29, 0.717) is 6.54 Å². The molecule has 0 saturated carbocycles. The monoisotopic (exact) mass is 422 g/mol. The van der Waals surface area contributed by atoms with Crippen LogP contribution in [0.4, 0.5) is 16.2 Å². The van der Waals surface area contributed by atoms with E-state index in [4.69, 9.17) is 0 Å². The van der Waals surface area contributed by atoms with E-state index in [1.165, 1.54) is 11.1 Å². The number of carbonyl (C=O) groups excluding carboxylic acids is 1. The number of anilines is 2. The molecule has 1 aliphatic rings. The van der Waals surface area contributed by atoms with Gasteiger partial charge in [-0.3, -0.25) is 4.90 Å². The van der Waals surface area contributed by atoms with Crippen LogP contribution in [0.3, 0.4) is 0 Å². The lowest BCUT2D eigenvalue weighted by Crippen LogP contribution is -2.40. The molecule has 0 spiro atoms. The number of nitrogens with one attached hydrogen (secondary N) is 1. The molecule has 1 heterocycles. The van der Waals surface area contributed by atoms with Gasteiger partial charge in [0.1, 0.15) is 0 Å². The fourth-order valence-corrected chi connectivity index (χ4v) is 5.05. The molecule has 0 aromatic heterocycles. The van der Waals surface area contributed by atoms with Crippen molar-refractivity contribution in [2.45, 2.75) is 15.7 Å². The van der Waals surface area contributed by atoms with Gasteiger partial charge in [0.2, 0.25) is 0 Å². The minimum absolute atomic E-state index is 0.0796. The van der Waals surface area contributed by atoms with E-state index in [9.17, 15) is 4.79 Å². The molecule has 2 amide bonds. The second-order valence-electron chi connectivity index (χ2n) is 7.43. The Morgan fingerprint density at radius 2 is 1.13 bits per heavy atom. The fourth-order valence-electron chi connectivity index (χ4n) is 3.99. The second kappa shape index (κ2) is 8.70. The topological polar surface area (TPSA) is 32.3 Å². The largest absolute Gasteiger partial charge is 0.336 e. The molecule has 0 saturated heterocycles. The van der Waals surface area contributed by atoms with Gasteiger partial charge in [0.05, 0.1) is 11.4 Å². The third-order valence-corrected chi connectivity index (χ3v) is 6.63. The second-order valence-corrected chi connectivity index (χ2v) is 8.52. The number of para-hydroxylation sites is 2. The smallest absolute Gasteiger partial charge is 0.326 e. The van der Waals surface area contributed by atoms with Crippen LogP contribution in [0.5, 0.6) is 0 Å². The number of rotatable bonds is 4. The summed E-state index contributed by atoms with van der Waals surface area (Å²) in [6, 6.07) is 36.7. The predicted octanol–water partition coefficient (Wildman–Crippen LogP) is 6.83. The van der Waals surface area contributed by atoms with Crippen molar-refractivity contribution in [2.24, 2.45) is 0 Å². The van der Waals surface area contributed by atoms with E-state index in [1.54, 1.807) is 16.7 Å². The maximum absolute atomic E-state index is 13.5. The Bertz CT molecular complexity index is 1110. The Hall–Kier alpha value is -3.50. The molecule has 0 aliphatic carbocycles. The van der Waals surface area contributed by atoms with Crippen molar-refractivity contribution in [3.63, 3.8) is 0 Å². The highest BCUT2D eigenvalue weighted by atomic mass is 32.2. The molecule has 0 unspecified atom stereocenters. The van der Waals surface area contributed by atoms with Crippen LogP contribution in [0, 0.1) is 0 Å². The Morgan fingerprint density at radius 3 is 1.65 bits per heavy atom. The van der Waals surface area contributed by atoms with Crippen molar-refractivity contribution >= 4 is 29.2 Å². The van der Waals surface area contributed by atoms with Gasteiger partial charge < -0.3 is 5.32 Å². The first-order chi connectivity index (χ1) is 15.3. The highest BCUT2D eigenvalue weighted by molar-refractivity contribution is 7.99. The summed E-state index contributed by atoms with van der Waals surface area (Å²) in [7, 11) is 0. The van der Waals surface area contributed by atoms with Crippen LogP contribution < -0.4 is 10.2 Å². The summed E-state index contributed by atoms with van der Waals surface area (Å²) in [5.41, 5.74) is 4.20. The van der Waals surface area contributed by atoms with Crippen LogP contribution in [-0.4, -0.2) is 12.6 Å². The summed E-state index contributed by atoms with van der Waals surface area (Å²) in [6.07, 6.45) is 0. The average molecular weight is 423 g/mol. The summed E-state index contributed by atoms with van der Waals surface area (Å²) in [5.74, 6) is 0.0796. The zero-order chi connectivity index (χ0) is 21.0. The van der Waals surface area contributed by atoms with Crippen LogP contribution in [0.1, 0.15) is 17.0 Å². The van der Waals surface area contributed by atoms with Crippen LogP contribution in [0.15, 0.2) is 119 Å². The summed E-state index contributed by atoms with van der Waals surface area (Å²) in [4.78, 5) is 17.5. The molecule has 0 radical (unpaired) electrons. The summed E-state index contributed by atoms with van der Waals surface area (Å²) in [6.45, 7) is 0.515. The maximum Gasteiger partial charge on any atom is 0.326 e. The van der Waals surface area contributed by atoms with Gasteiger partial charge in [0, 0.05) is 22.3 Å². The minimum atomic E-state index is -0.114. The van der Waals surface area contributed by atoms with E-state index in [-0.39, 0.29) is 11.9 Å². The summed E-state index contributed by atoms with van der Waals surface area (Å²) >= 11 is 1.70. The molecule has 5 rings (SSSR count). The van der Waals surface area contributed by atoms with Gasteiger partial charge in [-0.25, -0.2) is 4.79 Å². The molecule has 1 aliphatic heterocycles. The first-order valence-corrected chi connectivity index (χ1v) is 11.2. The molecule has 1 N–H and O–H groups in total. The first kappa shape index (κ1) is 19.5. The van der Waals surface area contributed by atoms with E-state index in [0.717, 1.165) is 21.2 Å². The van der Waals surface area contributed by atoms with E-state index < -0.39 is 0 Å². The molecule has 0 atom stereocenters. The molecule has 4 aromatic rings. The lowest BCUT2D eigenvalue weighted by Gasteiger charge is -2.31. The normalized spacial score (nSPS) is 12.2. The average Bonchev–Trinajstić information content (AvgIpc) is 2.84. The number of amides is 2. The van der Waals surface area contributed by atoms with Crippen molar-refractivity contribution in [1.29, 1.82) is 0 Å². The highest BCUT2D eigenvalue weighted by Gasteiger charge is 2.28. The van der Waals surface area contributed by atoms with Gasteiger partial charge in [-0.15, -0.1) is 0 Å². The fraction of sp³-hybridized carbons (Fsp3) is 0.0741. The van der Waals surface area contributed by atoms with Crippen molar-refractivity contribution < 1.29 is 4.79 Å². The van der Waals surface area contributed by atoms with Crippen LogP contribution in [0.25, 0.3) is 0 Å². The SMILES string of the molecule is O=C(NCC(c1ccccc1)c1ccccc1)N1c2ccccc2Sc2ccccc21. The third kappa shape index (κ3) is 3.94. The van der Waals surface area contributed by atoms with Crippen molar-refractivity contribution in [2.75, 3.05) is 11.4 Å². The van der Waals surface area contributed by atoms with Gasteiger partial charge in [0.25, 0.3) is 0 Å². The number of hydrogen-bond acceptors (Lipinski definition) is 2. The molecule has 0 fully saturated rings. The lowest BCUT2D eigenvalue weighted by molar-refractivity contribution is 0.248. The van der Waals surface area contributed by atoms with Gasteiger partial charge in [-0.2, -0.15) is 0 Å². The first-order valence-electron chi connectivity index (χ1n) is 10.3. The lowest BCUT2D eigenvalue weighted by atomic mass is 9.91. The van der Waals surface area contributed by atoms with E-state index in [2.05, 4.69) is 41.7 Å². The zero-order valence-electron chi connectivity index (χ0n) is 16.9. The van der Waals surface area contributed by atoms with Crippen LogP contribution >= 0.6 is 11.8 Å². The van der Waals surface area contributed by atoms with E-state index >= 15 is 0 Å². The predicted molar refractivity (Wildman–Crippen MR) is 127 cm³/mol. The number of hydrogen-bond donors (Lipinski definition) is 1. The standard InChI is InChI=1S/C27H22N2OS/c30-27(28-19-22(20-11-3-1-4-12-20)21-13-5-2-6-14-21)29-23-15-7-9-17-25(23)31-26-18-10-8-16-24(26)29/h1-18,22H,19H2,(H,28,30). The molecule has 0 bridgehead atoms. The third-order valence-electron chi connectivity index (χ3n) is 5.50. The van der Waals surface area contributed by atoms with Crippen molar-refractivity contribution in [3.05, 3.63) is 120 Å². The Balaban J connectivity index is 1.45. The quantitative estimate of drug-likeness (QED) is 0.391. The highest BCUT2D eigenvalue weighted by Crippen LogP contribution is 2.47. The van der Waals surface area contributed by atoms with Crippen molar-refractivity contribution in [1.82, 2.24) is 5.32 Å². The number of benzene rings is 4.